The van der Waals surface area contributed by atoms with Crippen molar-refractivity contribution in [1.82, 2.24) is 5.32 Å². The summed E-state index contributed by atoms with van der Waals surface area (Å²) in [6, 6.07) is 5.54. The van der Waals surface area contributed by atoms with Crippen LogP contribution in [0.1, 0.15) is 48.2 Å². The van der Waals surface area contributed by atoms with E-state index in [0.29, 0.717) is 5.56 Å². The molecule has 1 aromatic carbocycles. The standard InChI is InChI=1S/C16H26N2O2/c1-12-9-13(15(17)20)5-6-14(12)10-18-11-16(2,3)7-4-8-19/h5-6,9,18-19H,4,7-8,10-11H2,1-3H3,(H2,17,20). The van der Waals surface area contributed by atoms with Crippen LogP contribution in [0.2, 0.25) is 0 Å². The Labute approximate surface area is 121 Å². The Morgan fingerprint density at radius 3 is 2.65 bits per heavy atom. The average Bonchev–Trinajstić information content (AvgIpc) is 2.38. The molecule has 0 unspecified atom stereocenters. The fourth-order valence-corrected chi connectivity index (χ4v) is 2.23. The zero-order valence-corrected chi connectivity index (χ0v) is 12.7. The van der Waals surface area contributed by atoms with E-state index in [0.717, 1.165) is 31.5 Å². The molecule has 1 rings (SSSR count). The van der Waals surface area contributed by atoms with Gasteiger partial charge in [0.15, 0.2) is 0 Å². The van der Waals surface area contributed by atoms with Gasteiger partial charge >= 0.3 is 0 Å². The largest absolute Gasteiger partial charge is 0.396 e. The van der Waals surface area contributed by atoms with E-state index >= 15 is 0 Å². The van der Waals surface area contributed by atoms with Crippen molar-refractivity contribution in [3.8, 4) is 0 Å². The Hall–Kier alpha value is -1.39. The van der Waals surface area contributed by atoms with Crippen molar-refractivity contribution in [3.05, 3.63) is 34.9 Å². The molecule has 1 aromatic rings. The number of hydrogen-bond donors (Lipinski definition) is 3. The Kier molecular flexibility index (Phi) is 6.17. The zero-order chi connectivity index (χ0) is 15.2. The van der Waals surface area contributed by atoms with Gasteiger partial charge in [-0.2, -0.15) is 0 Å². The van der Waals surface area contributed by atoms with Crippen LogP contribution in [0.15, 0.2) is 18.2 Å². The Morgan fingerprint density at radius 1 is 1.40 bits per heavy atom. The minimum absolute atomic E-state index is 0.170. The Morgan fingerprint density at radius 2 is 2.10 bits per heavy atom. The first-order chi connectivity index (χ1) is 9.35. The van der Waals surface area contributed by atoms with Gasteiger partial charge in [-0.15, -0.1) is 0 Å². The molecule has 0 spiro atoms. The Bertz CT molecular complexity index is 456. The van der Waals surface area contributed by atoms with Crippen molar-refractivity contribution in [2.45, 2.75) is 40.2 Å². The van der Waals surface area contributed by atoms with Crippen LogP contribution in [0, 0.1) is 12.3 Å². The summed E-state index contributed by atoms with van der Waals surface area (Å²) in [5, 5.41) is 12.3. The van der Waals surface area contributed by atoms with Crippen molar-refractivity contribution in [3.63, 3.8) is 0 Å². The van der Waals surface area contributed by atoms with Crippen LogP contribution in [0.25, 0.3) is 0 Å². The summed E-state index contributed by atoms with van der Waals surface area (Å²) >= 11 is 0. The number of hydrogen-bond acceptors (Lipinski definition) is 3. The molecule has 4 nitrogen and oxygen atoms in total. The lowest BCUT2D eigenvalue weighted by molar-refractivity contribution is 0.1000. The van der Waals surface area contributed by atoms with Crippen LogP contribution in [-0.2, 0) is 6.54 Å². The molecule has 4 N–H and O–H groups in total. The predicted molar refractivity (Wildman–Crippen MR) is 81.5 cm³/mol. The summed E-state index contributed by atoms with van der Waals surface area (Å²) in [4.78, 5) is 11.1. The third kappa shape index (κ3) is 5.31. The molecule has 0 atom stereocenters. The number of carbonyl (C=O) groups is 1. The number of aliphatic hydroxyl groups excluding tert-OH is 1. The molecule has 0 saturated carbocycles. The molecule has 20 heavy (non-hydrogen) atoms. The van der Waals surface area contributed by atoms with Crippen LogP contribution in [0.3, 0.4) is 0 Å². The summed E-state index contributed by atoms with van der Waals surface area (Å²) < 4.78 is 0. The molecule has 0 radical (unpaired) electrons. The van der Waals surface area contributed by atoms with Crippen molar-refractivity contribution in [2.24, 2.45) is 11.1 Å². The molecule has 4 heteroatoms. The number of nitrogens with two attached hydrogens (primary N) is 1. The van der Waals surface area contributed by atoms with E-state index < -0.39 is 5.91 Å². The number of aliphatic hydroxyl groups is 1. The summed E-state index contributed by atoms with van der Waals surface area (Å²) in [5.74, 6) is -0.391. The van der Waals surface area contributed by atoms with Crippen molar-refractivity contribution < 1.29 is 9.90 Å². The van der Waals surface area contributed by atoms with E-state index in [1.54, 1.807) is 6.07 Å². The number of primary amides is 1. The van der Waals surface area contributed by atoms with Crippen LogP contribution in [0.5, 0.6) is 0 Å². The topological polar surface area (TPSA) is 75.4 Å². The van der Waals surface area contributed by atoms with Crippen molar-refractivity contribution in [2.75, 3.05) is 13.2 Å². The highest BCUT2D eigenvalue weighted by Crippen LogP contribution is 2.21. The van der Waals surface area contributed by atoms with Gasteiger partial charge < -0.3 is 16.2 Å². The highest BCUT2D eigenvalue weighted by Gasteiger charge is 2.16. The van der Waals surface area contributed by atoms with Gasteiger partial charge in [0.05, 0.1) is 0 Å². The number of aryl methyl sites for hydroxylation is 1. The first kappa shape index (κ1) is 16.7. The maximum Gasteiger partial charge on any atom is 0.248 e. The second-order valence-corrected chi connectivity index (χ2v) is 6.10. The first-order valence-corrected chi connectivity index (χ1v) is 7.06. The maximum absolute atomic E-state index is 11.1. The normalized spacial score (nSPS) is 11.6. The van der Waals surface area contributed by atoms with Crippen molar-refractivity contribution >= 4 is 5.91 Å². The fourth-order valence-electron chi connectivity index (χ4n) is 2.23. The van der Waals surface area contributed by atoms with Crippen LogP contribution in [-0.4, -0.2) is 24.2 Å². The average molecular weight is 278 g/mol. The summed E-state index contributed by atoms with van der Waals surface area (Å²) in [7, 11) is 0. The third-order valence-corrected chi connectivity index (χ3v) is 3.56. The molecule has 0 fully saturated rings. The Balaban J connectivity index is 2.52. The molecule has 1 amide bonds. The van der Waals surface area contributed by atoms with Crippen LogP contribution < -0.4 is 11.1 Å². The SMILES string of the molecule is Cc1cc(C(N)=O)ccc1CNCC(C)(C)CCCO. The van der Waals surface area contributed by atoms with Crippen LogP contribution >= 0.6 is 0 Å². The van der Waals surface area contributed by atoms with E-state index in [1.807, 2.05) is 19.1 Å². The molecule has 0 heterocycles. The lowest BCUT2D eigenvalue weighted by atomic mass is 9.88. The van der Waals surface area contributed by atoms with Gasteiger partial charge in [-0.05, 0) is 48.4 Å². The molecule has 0 aromatic heterocycles. The van der Waals surface area contributed by atoms with Crippen molar-refractivity contribution in [1.29, 1.82) is 0 Å². The smallest absolute Gasteiger partial charge is 0.248 e. The highest BCUT2D eigenvalue weighted by molar-refractivity contribution is 5.93. The summed E-state index contributed by atoms with van der Waals surface area (Å²) in [6.45, 7) is 8.28. The molecule has 0 saturated heterocycles. The van der Waals surface area contributed by atoms with E-state index in [2.05, 4.69) is 19.2 Å². The lowest BCUT2D eigenvalue weighted by Gasteiger charge is -2.25. The van der Waals surface area contributed by atoms with E-state index in [1.165, 1.54) is 5.56 Å². The zero-order valence-electron chi connectivity index (χ0n) is 12.7. The highest BCUT2D eigenvalue weighted by atomic mass is 16.2. The molecule has 0 aliphatic carbocycles. The molecule has 0 aliphatic heterocycles. The molecule has 0 bridgehead atoms. The van der Waals surface area contributed by atoms with E-state index in [4.69, 9.17) is 10.8 Å². The predicted octanol–water partition coefficient (Wildman–Crippen LogP) is 1.98. The molecular formula is C16H26N2O2. The number of benzene rings is 1. The number of amides is 1. The molecule has 112 valence electrons. The van der Waals surface area contributed by atoms with Crippen LogP contribution in [0.4, 0.5) is 0 Å². The number of carbonyl (C=O) groups excluding carboxylic acids is 1. The molecular weight excluding hydrogens is 252 g/mol. The summed E-state index contributed by atoms with van der Waals surface area (Å²) in [6.07, 6.45) is 1.83. The third-order valence-electron chi connectivity index (χ3n) is 3.56. The number of rotatable bonds is 8. The fraction of sp³-hybridized carbons (Fsp3) is 0.562. The number of nitrogens with one attached hydrogen (secondary N) is 1. The quantitative estimate of drug-likeness (QED) is 0.680. The van der Waals surface area contributed by atoms with Gasteiger partial charge in [0.1, 0.15) is 0 Å². The maximum atomic E-state index is 11.1. The second-order valence-electron chi connectivity index (χ2n) is 6.10. The first-order valence-electron chi connectivity index (χ1n) is 7.06. The van der Waals surface area contributed by atoms with E-state index in [9.17, 15) is 4.79 Å². The van der Waals surface area contributed by atoms with Gasteiger partial charge in [0.2, 0.25) is 5.91 Å². The lowest BCUT2D eigenvalue weighted by Crippen LogP contribution is -2.29. The van der Waals surface area contributed by atoms with Gasteiger partial charge in [-0.3, -0.25) is 4.79 Å². The minimum Gasteiger partial charge on any atom is -0.396 e. The van der Waals surface area contributed by atoms with Gasteiger partial charge in [-0.25, -0.2) is 0 Å². The van der Waals surface area contributed by atoms with Gasteiger partial charge in [0, 0.05) is 25.3 Å². The minimum atomic E-state index is -0.391. The summed E-state index contributed by atoms with van der Waals surface area (Å²) in [5.41, 5.74) is 8.23. The van der Waals surface area contributed by atoms with E-state index in [-0.39, 0.29) is 12.0 Å². The van der Waals surface area contributed by atoms with Gasteiger partial charge in [-0.1, -0.05) is 19.9 Å². The molecule has 0 aliphatic rings. The monoisotopic (exact) mass is 278 g/mol. The van der Waals surface area contributed by atoms with Gasteiger partial charge in [0.25, 0.3) is 0 Å². The second kappa shape index (κ2) is 7.41.